The van der Waals surface area contributed by atoms with E-state index in [1.807, 2.05) is 0 Å². The van der Waals surface area contributed by atoms with Gasteiger partial charge in [0.1, 0.15) is 11.7 Å². The maximum Gasteiger partial charge on any atom is 0.308 e. The molecule has 0 aromatic carbocycles. The van der Waals surface area contributed by atoms with Gasteiger partial charge in [-0.1, -0.05) is 0 Å². The van der Waals surface area contributed by atoms with Crippen molar-refractivity contribution in [3.8, 4) is 0 Å². The summed E-state index contributed by atoms with van der Waals surface area (Å²) < 4.78 is 10.1. The molecule has 15 heavy (non-hydrogen) atoms. The Morgan fingerprint density at radius 2 is 2.07 bits per heavy atom. The second kappa shape index (κ2) is 4.47. The zero-order valence-corrected chi connectivity index (χ0v) is 9.27. The Hall–Kier alpha value is -0.650. The first kappa shape index (κ1) is 12.4. The highest BCUT2D eigenvalue weighted by Gasteiger charge is 2.34. The lowest BCUT2D eigenvalue weighted by atomic mass is 10.1. The van der Waals surface area contributed by atoms with Crippen LogP contribution < -0.4 is 0 Å². The van der Waals surface area contributed by atoms with E-state index < -0.39 is 24.1 Å². The minimum Gasteiger partial charge on any atom is -0.460 e. The SMILES string of the molecule is CC(C)(C)OC(=O)CC1CC(O)C(O)O1. The van der Waals surface area contributed by atoms with E-state index >= 15 is 0 Å². The third-order valence-corrected chi connectivity index (χ3v) is 1.98. The molecule has 3 atom stereocenters. The molecule has 5 heteroatoms. The van der Waals surface area contributed by atoms with Crippen molar-refractivity contribution in [3.63, 3.8) is 0 Å². The van der Waals surface area contributed by atoms with Crippen molar-refractivity contribution in [2.75, 3.05) is 0 Å². The molecule has 1 aliphatic heterocycles. The van der Waals surface area contributed by atoms with Crippen LogP contribution in [0.5, 0.6) is 0 Å². The summed E-state index contributed by atoms with van der Waals surface area (Å²) in [6, 6.07) is 0. The molecule has 1 rings (SSSR count). The number of carbonyl (C=O) groups excluding carboxylic acids is 1. The Bertz CT molecular complexity index is 222. The van der Waals surface area contributed by atoms with Gasteiger partial charge in [-0.3, -0.25) is 4.79 Å². The lowest BCUT2D eigenvalue weighted by molar-refractivity contribution is -0.162. The summed E-state index contributed by atoms with van der Waals surface area (Å²) in [5, 5.41) is 18.3. The molecule has 0 aliphatic carbocycles. The van der Waals surface area contributed by atoms with Gasteiger partial charge in [-0.15, -0.1) is 0 Å². The molecule has 5 nitrogen and oxygen atoms in total. The molecule has 2 N–H and O–H groups in total. The van der Waals surface area contributed by atoms with Crippen LogP contribution in [0.1, 0.15) is 33.6 Å². The molecule has 0 radical (unpaired) electrons. The van der Waals surface area contributed by atoms with Crippen molar-refractivity contribution in [1.82, 2.24) is 0 Å². The summed E-state index contributed by atoms with van der Waals surface area (Å²) in [7, 11) is 0. The molecule has 0 saturated carbocycles. The molecule has 3 unspecified atom stereocenters. The van der Waals surface area contributed by atoms with Crippen LogP contribution in [0, 0.1) is 0 Å². The summed E-state index contributed by atoms with van der Waals surface area (Å²) in [4.78, 5) is 11.4. The van der Waals surface area contributed by atoms with Crippen molar-refractivity contribution in [2.45, 2.75) is 57.7 Å². The van der Waals surface area contributed by atoms with Gasteiger partial charge < -0.3 is 19.7 Å². The van der Waals surface area contributed by atoms with Gasteiger partial charge in [0.05, 0.1) is 12.5 Å². The molecule has 1 aliphatic rings. The molecule has 0 aromatic heterocycles. The molecule has 88 valence electrons. The maximum atomic E-state index is 11.4. The Kier molecular flexibility index (Phi) is 3.70. The summed E-state index contributed by atoms with van der Waals surface area (Å²) in [6.45, 7) is 5.35. The molecule has 0 spiro atoms. The van der Waals surface area contributed by atoms with Crippen molar-refractivity contribution in [3.05, 3.63) is 0 Å². The summed E-state index contributed by atoms with van der Waals surface area (Å²) in [5.74, 6) is -0.381. The number of carbonyl (C=O) groups is 1. The Morgan fingerprint density at radius 3 is 2.47 bits per heavy atom. The normalized spacial score (nSPS) is 31.7. The van der Waals surface area contributed by atoms with Crippen molar-refractivity contribution < 1.29 is 24.5 Å². The van der Waals surface area contributed by atoms with Crippen LogP contribution in [0.4, 0.5) is 0 Å². The molecule has 1 fully saturated rings. The van der Waals surface area contributed by atoms with Gasteiger partial charge in [0.2, 0.25) is 0 Å². The number of aliphatic hydroxyl groups excluding tert-OH is 2. The Labute approximate surface area is 89.0 Å². The standard InChI is InChI=1S/C10H18O5/c1-10(2,3)15-8(12)5-6-4-7(11)9(13)14-6/h6-7,9,11,13H,4-5H2,1-3H3. The Balaban J connectivity index is 2.34. The molecule has 1 saturated heterocycles. The minimum absolute atomic E-state index is 0.0609. The van der Waals surface area contributed by atoms with Gasteiger partial charge in [0.15, 0.2) is 6.29 Å². The minimum atomic E-state index is -1.18. The van der Waals surface area contributed by atoms with Crippen LogP contribution in [0.2, 0.25) is 0 Å². The van der Waals surface area contributed by atoms with E-state index in [4.69, 9.17) is 14.6 Å². The van der Waals surface area contributed by atoms with Crippen molar-refractivity contribution in [2.24, 2.45) is 0 Å². The first-order valence-corrected chi connectivity index (χ1v) is 5.01. The highest BCUT2D eigenvalue weighted by molar-refractivity contribution is 5.70. The maximum absolute atomic E-state index is 11.4. The van der Waals surface area contributed by atoms with Gasteiger partial charge >= 0.3 is 5.97 Å². The lowest BCUT2D eigenvalue weighted by Crippen LogP contribution is -2.26. The fraction of sp³-hybridized carbons (Fsp3) is 0.900. The average Bonchev–Trinajstić information content (AvgIpc) is 2.26. The molecular formula is C10H18O5. The lowest BCUT2D eigenvalue weighted by Gasteiger charge is -2.20. The number of esters is 1. The fourth-order valence-electron chi connectivity index (χ4n) is 1.43. The first-order valence-electron chi connectivity index (χ1n) is 5.01. The predicted molar refractivity (Wildman–Crippen MR) is 52.0 cm³/mol. The van der Waals surface area contributed by atoms with Gasteiger partial charge in [0, 0.05) is 6.42 Å². The zero-order valence-electron chi connectivity index (χ0n) is 9.27. The Morgan fingerprint density at radius 1 is 1.47 bits per heavy atom. The van der Waals surface area contributed by atoms with Crippen LogP contribution in [-0.4, -0.2) is 40.3 Å². The van der Waals surface area contributed by atoms with Crippen LogP contribution in [0.15, 0.2) is 0 Å². The van der Waals surface area contributed by atoms with Gasteiger partial charge in [-0.2, -0.15) is 0 Å². The number of rotatable bonds is 2. The van der Waals surface area contributed by atoms with Crippen LogP contribution in [-0.2, 0) is 14.3 Å². The van der Waals surface area contributed by atoms with E-state index in [9.17, 15) is 9.90 Å². The quantitative estimate of drug-likeness (QED) is 0.647. The summed E-state index contributed by atoms with van der Waals surface area (Å²) in [6.07, 6.45) is -2.22. The molecular weight excluding hydrogens is 200 g/mol. The zero-order chi connectivity index (χ0) is 11.6. The fourth-order valence-corrected chi connectivity index (χ4v) is 1.43. The molecule has 1 heterocycles. The summed E-state index contributed by atoms with van der Waals surface area (Å²) in [5.41, 5.74) is -0.521. The van der Waals surface area contributed by atoms with E-state index in [1.54, 1.807) is 20.8 Å². The first-order chi connectivity index (χ1) is 6.78. The van der Waals surface area contributed by atoms with Gasteiger partial charge in [-0.05, 0) is 20.8 Å². The van der Waals surface area contributed by atoms with Crippen LogP contribution in [0.3, 0.4) is 0 Å². The predicted octanol–water partition coefficient (Wildman–Crippen LogP) is 0.186. The van der Waals surface area contributed by atoms with Crippen LogP contribution in [0.25, 0.3) is 0 Å². The number of aliphatic hydroxyl groups is 2. The topological polar surface area (TPSA) is 76.0 Å². The summed E-state index contributed by atoms with van der Waals surface area (Å²) >= 11 is 0. The third-order valence-electron chi connectivity index (χ3n) is 1.98. The second-order valence-corrected chi connectivity index (χ2v) is 4.74. The van der Waals surface area contributed by atoms with E-state index in [1.165, 1.54) is 0 Å². The number of hydrogen-bond acceptors (Lipinski definition) is 5. The van der Waals surface area contributed by atoms with E-state index in [-0.39, 0.29) is 18.8 Å². The van der Waals surface area contributed by atoms with Crippen molar-refractivity contribution in [1.29, 1.82) is 0 Å². The molecule has 0 aromatic rings. The highest BCUT2D eigenvalue weighted by atomic mass is 16.6. The molecule has 0 bridgehead atoms. The van der Waals surface area contributed by atoms with Gasteiger partial charge in [0.25, 0.3) is 0 Å². The van der Waals surface area contributed by atoms with E-state index in [0.29, 0.717) is 0 Å². The average molecular weight is 218 g/mol. The molecule has 0 amide bonds. The largest absolute Gasteiger partial charge is 0.460 e. The second-order valence-electron chi connectivity index (χ2n) is 4.74. The smallest absolute Gasteiger partial charge is 0.308 e. The number of hydrogen-bond donors (Lipinski definition) is 2. The highest BCUT2D eigenvalue weighted by Crippen LogP contribution is 2.22. The van der Waals surface area contributed by atoms with E-state index in [2.05, 4.69) is 0 Å². The van der Waals surface area contributed by atoms with Gasteiger partial charge in [-0.25, -0.2) is 0 Å². The number of ether oxygens (including phenoxy) is 2. The monoisotopic (exact) mass is 218 g/mol. The third kappa shape index (κ3) is 4.15. The van der Waals surface area contributed by atoms with E-state index in [0.717, 1.165) is 0 Å². The van der Waals surface area contributed by atoms with Crippen molar-refractivity contribution >= 4 is 5.97 Å². The van der Waals surface area contributed by atoms with Crippen LogP contribution >= 0.6 is 0 Å².